The van der Waals surface area contributed by atoms with Crippen LogP contribution in [0, 0.1) is 0 Å². The zero-order valence-electron chi connectivity index (χ0n) is 5.03. The van der Waals surface area contributed by atoms with Gasteiger partial charge in [-0.2, -0.15) is 0 Å². The molecule has 4 nitrogen and oxygen atoms in total. The number of nitrogens with two attached hydrogens (primary N) is 1. The van der Waals surface area contributed by atoms with Crippen LogP contribution in [-0.4, -0.2) is 16.5 Å². The fourth-order valence-electron chi connectivity index (χ4n) is 0.178. The normalized spacial score (nSPS) is 15.8. The summed E-state index contributed by atoms with van der Waals surface area (Å²) in [4.78, 5) is 0. The molecule has 0 heterocycles. The molecule has 0 saturated carbocycles. The van der Waals surface area contributed by atoms with Gasteiger partial charge in [0.15, 0.2) is 0 Å². The molecule has 0 saturated heterocycles. The Bertz CT molecular complexity index is 144. The van der Waals surface area contributed by atoms with Gasteiger partial charge in [-0.05, 0) is 0 Å². The van der Waals surface area contributed by atoms with E-state index < -0.39 is 8.77 Å². The van der Waals surface area contributed by atoms with Gasteiger partial charge in [0.05, 0.1) is 5.75 Å². The Balaban J connectivity index is 0. The van der Waals surface area contributed by atoms with Crippen molar-refractivity contribution < 1.29 is 43.4 Å². The quantitative estimate of drug-likeness (QED) is 0.266. The molecule has 0 bridgehead atoms. The Morgan fingerprint density at radius 3 is 2.33 bits per heavy atom. The van der Waals surface area contributed by atoms with Gasteiger partial charge < -0.3 is 15.3 Å². The van der Waals surface area contributed by atoms with Gasteiger partial charge in [0.25, 0.3) is 0 Å². The topological polar surface area (TPSA) is 75.4 Å². The number of hydrogen-bond acceptors (Lipinski definition) is 5. The molecule has 0 rings (SSSR count). The Morgan fingerprint density at radius 1 is 1.78 bits per heavy atom. The smallest absolute Gasteiger partial charge is 0.709 e. The molecule has 0 aromatic heterocycles. The monoisotopic (exact) mass is 179 g/mol. The van der Waals surface area contributed by atoms with Gasteiger partial charge in [-0.3, -0.25) is 0 Å². The minimum absolute atomic E-state index is 0. The summed E-state index contributed by atoms with van der Waals surface area (Å²) in [5.41, 5.74) is 4.93. The first kappa shape index (κ1) is 12.9. The molecule has 0 fully saturated rings. The zero-order valence-corrected chi connectivity index (χ0v) is 8.67. The Hall–Kier alpha value is 1.25. The van der Waals surface area contributed by atoms with Crippen LogP contribution >= 0.6 is 0 Å². The van der Waals surface area contributed by atoms with Gasteiger partial charge in [0, 0.05) is 17.7 Å². The van der Waals surface area contributed by atoms with E-state index in [4.69, 9.17) is 5.73 Å². The first-order chi connectivity index (χ1) is 3.62. The maximum absolute atomic E-state index is 10.4. The molecular weight excluding hydrogens is 173 g/mol. The van der Waals surface area contributed by atoms with Crippen LogP contribution in [0.15, 0.2) is 0 Å². The second kappa shape index (κ2) is 5.99. The first-order valence-corrected chi connectivity index (χ1v) is 4.44. The third-order valence-electron chi connectivity index (χ3n) is 0.472. The maximum Gasteiger partial charge on any atom is 1.00 e. The predicted molar refractivity (Wildman–Crippen MR) is 30.5 cm³/mol. The van der Waals surface area contributed by atoms with E-state index in [-0.39, 0.29) is 41.9 Å². The molecule has 0 amide bonds. The van der Waals surface area contributed by atoms with Gasteiger partial charge in [-0.1, -0.05) is 0 Å². The largest absolute Gasteiger partial charge is 1.00 e. The minimum Gasteiger partial charge on any atom is -0.709 e. The Labute approximate surface area is 80.9 Å². The molecule has 0 aromatic rings. The molecule has 0 radical (unpaired) electrons. The summed E-state index contributed by atoms with van der Waals surface area (Å²) in [6.45, 7) is 0.116. The minimum atomic E-state index is -3.02. The molecule has 0 aliphatic heterocycles. The fraction of sp³-hybridized carbons (Fsp3) is 1.00. The first-order valence-electron chi connectivity index (χ1n) is 1.86. The fourth-order valence-corrected chi connectivity index (χ4v) is 0.824. The van der Waals surface area contributed by atoms with Crippen molar-refractivity contribution in [1.29, 1.82) is 0 Å². The van der Waals surface area contributed by atoms with Crippen LogP contribution in [0.5, 0.6) is 0 Å². The third-order valence-corrected chi connectivity index (χ3v) is 2.08. The van der Waals surface area contributed by atoms with Crippen molar-refractivity contribution in [3.63, 3.8) is 0 Å². The molecule has 0 aliphatic rings. The SMILES string of the molecule is NCCS(=O)(=S)O[O-].[Na+]. The molecule has 7 heteroatoms. The van der Waals surface area contributed by atoms with E-state index >= 15 is 0 Å². The van der Waals surface area contributed by atoms with Crippen LogP contribution in [0.4, 0.5) is 0 Å². The van der Waals surface area contributed by atoms with Crippen molar-refractivity contribution in [2.45, 2.75) is 0 Å². The van der Waals surface area contributed by atoms with E-state index in [9.17, 15) is 9.47 Å². The van der Waals surface area contributed by atoms with Crippen molar-refractivity contribution in [3.05, 3.63) is 0 Å². The Morgan fingerprint density at radius 2 is 2.22 bits per heavy atom. The van der Waals surface area contributed by atoms with E-state index in [0.717, 1.165) is 0 Å². The zero-order chi connectivity index (χ0) is 6.62. The van der Waals surface area contributed by atoms with Crippen molar-refractivity contribution in [2.24, 2.45) is 5.73 Å². The molecule has 0 spiro atoms. The summed E-state index contributed by atoms with van der Waals surface area (Å²) in [7, 11) is -3.02. The summed E-state index contributed by atoms with van der Waals surface area (Å²) in [6, 6.07) is 0. The standard InChI is InChI=1S/C2H7NO3S2.Na/c3-1-2-8(5,7)6-4;/h4H,1-3H2;/q;+1/p-1. The number of hydrogen-bond donors (Lipinski definition) is 1. The van der Waals surface area contributed by atoms with E-state index in [1.54, 1.807) is 0 Å². The van der Waals surface area contributed by atoms with Crippen molar-refractivity contribution in [1.82, 2.24) is 0 Å². The summed E-state index contributed by atoms with van der Waals surface area (Å²) >= 11 is 4.16. The third kappa shape index (κ3) is 7.14. The van der Waals surface area contributed by atoms with Crippen LogP contribution < -0.4 is 40.5 Å². The van der Waals surface area contributed by atoms with E-state index in [1.165, 1.54) is 0 Å². The van der Waals surface area contributed by atoms with Gasteiger partial charge >= 0.3 is 29.6 Å². The molecule has 2 N–H and O–H groups in total. The van der Waals surface area contributed by atoms with Gasteiger partial charge in [0.1, 0.15) is 8.77 Å². The van der Waals surface area contributed by atoms with Crippen molar-refractivity contribution >= 4 is 20.0 Å². The average Bonchev–Trinajstić information content (AvgIpc) is 1.67. The van der Waals surface area contributed by atoms with Gasteiger partial charge in [-0.25, -0.2) is 4.21 Å². The second-order valence-electron chi connectivity index (χ2n) is 1.12. The molecular formula is C2H6NNaO3S2. The van der Waals surface area contributed by atoms with Crippen LogP contribution in [0.1, 0.15) is 0 Å². The van der Waals surface area contributed by atoms with Crippen LogP contribution in [0.25, 0.3) is 0 Å². The van der Waals surface area contributed by atoms with Gasteiger partial charge in [-0.15, -0.1) is 0 Å². The molecule has 50 valence electrons. The Kier molecular flexibility index (Phi) is 8.58. The summed E-state index contributed by atoms with van der Waals surface area (Å²) in [5, 5.41) is 9.41. The molecule has 0 aromatic carbocycles. The molecule has 9 heavy (non-hydrogen) atoms. The van der Waals surface area contributed by atoms with Crippen molar-refractivity contribution in [2.75, 3.05) is 12.3 Å². The van der Waals surface area contributed by atoms with Crippen LogP contribution in [0.3, 0.4) is 0 Å². The molecule has 1 atom stereocenters. The predicted octanol–water partition coefficient (Wildman–Crippen LogP) is -5.10. The summed E-state index contributed by atoms with van der Waals surface area (Å²) in [5.74, 6) is -0.0498. The maximum atomic E-state index is 10.4. The average molecular weight is 179 g/mol. The second-order valence-corrected chi connectivity index (χ2v) is 4.30. The summed E-state index contributed by atoms with van der Waals surface area (Å²) in [6.07, 6.45) is 0. The van der Waals surface area contributed by atoms with E-state index in [0.29, 0.717) is 0 Å². The van der Waals surface area contributed by atoms with Crippen molar-refractivity contribution in [3.8, 4) is 0 Å². The number of rotatable bonds is 3. The van der Waals surface area contributed by atoms with Crippen LogP contribution in [0.2, 0.25) is 0 Å². The summed E-state index contributed by atoms with van der Waals surface area (Å²) < 4.78 is 13.5. The molecule has 1 unspecified atom stereocenters. The van der Waals surface area contributed by atoms with Gasteiger partial charge in [0.2, 0.25) is 0 Å². The molecule has 0 aliphatic carbocycles. The van der Waals surface area contributed by atoms with E-state index in [1.807, 2.05) is 0 Å². The van der Waals surface area contributed by atoms with Crippen LogP contribution in [-0.2, 0) is 24.3 Å². The van der Waals surface area contributed by atoms with E-state index in [2.05, 4.69) is 15.5 Å².